The van der Waals surface area contributed by atoms with Gasteiger partial charge in [-0.1, -0.05) is 41.7 Å². The van der Waals surface area contributed by atoms with Crippen LogP contribution in [0.4, 0.5) is 5.69 Å². The molecule has 0 saturated carbocycles. The van der Waals surface area contributed by atoms with E-state index in [4.69, 9.17) is 39.5 Å². The molecule has 1 amide bonds. The van der Waals surface area contributed by atoms with Crippen LogP contribution in [0.3, 0.4) is 0 Å². The number of anilines is 1. The van der Waals surface area contributed by atoms with Crippen molar-refractivity contribution in [1.29, 1.82) is 0 Å². The van der Waals surface area contributed by atoms with Gasteiger partial charge in [0.25, 0.3) is 5.91 Å². The monoisotopic (exact) mass is 371 g/mol. The molecule has 2 rings (SSSR count). The second kappa shape index (κ2) is 7.91. The van der Waals surface area contributed by atoms with Crippen LogP contribution in [0.5, 0.6) is 5.75 Å². The minimum Gasteiger partial charge on any atom is -0.481 e. The molecule has 0 saturated heterocycles. The third kappa shape index (κ3) is 4.77. The van der Waals surface area contributed by atoms with Gasteiger partial charge in [-0.25, -0.2) is 0 Å². The van der Waals surface area contributed by atoms with Crippen molar-refractivity contribution >= 4 is 46.4 Å². The lowest BCUT2D eigenvalue weighted by molar-refractivity contribution is -0.122. The molecule has 2 aromatic rings. The molecule has 0 aliphatic carbocycles. The number of nitrogens with one attached hydrogen (secondary N) is 1. The molecule has 0 heterocycles. The van der Waals surface area contributed by atoms with Gasteiger partial charge >= 0.3 is 0 Å². The second-order valence-electron chi connectivity index (χ2n) is 5.04. The maximum atomic E-state index is 12.4. The van der Waals surface area contributed by atoms with Crippen molar-refractivity contribution in [3.8, 4) is 5.75 Å². The molecule has 0 spiro atoms. The van der Waals surface area contributed by atoms with Crippen LogP contribution in [0.15, 0.2) is 36.4 Å². The molecule has 3 nitrogen and oxygen atoms in total. The van der Waals surface area contributed by atoms with Gasteiger partial charge < -0.3 is 10.1 Å². The molecule has 23 heavy (non-hydrogen) atoms. The molecule has 0 aliphatic heterocycles. The molecule has 0 aliphatic rings. The summed E-state index contributed by atoms with van der Waals surface area (Å²) in [5, 5.41) is 4.25. The fourth-order valence-corrected chi connectivity index (χ4v) is 2.39. The highest BCUT2D eigenvalue weighted by Crippen LogP contribution is 2.26. The van der Waals surface area contributed by atoms with Gasteiger partial charge in [0, 0.05) is 10.7 Å². The van der Waals surface area contributed by atoms with E-state index in [2.05, 4.69) is 5.32 Å². The van der Waals surface area contributed by atoms with Crippen molar-refractivity contribution in [3.63, 3.8) is 0 Å². The molecule has 0 fully saturated rings. The topological polar surface area (TPSA) is 38.3 Å². The molecular formula is C17H16Cl3NO2. The van der Waals surface area contributed by atoms with Crippen molar-refractivity contribution in [2.45, 2.75) is 26.4 Å². The Balaban J connectivity index is 2.08. The number of carbonyl (C=O) groups is 1. The van der Waals surface area contributed by atoms with E-state index in [9.17, 15) is 4.79 Å². The van der Waals surface area contributed by atoms with Gasteiger partial charge in [-0.3, -0.25) is 4.79 Å². The first-order valence-electron chi connectivity index (χ1n) is 7.09. The summed E-state index contributed by atoms with van der Waals surface area (Å²) in [5.74, 6) is 0.349. The van der Waals surface area contributed by atoms with Crippen LogP contribution in [0, 0.1) is 6.92 Å². The molecule has 2 aromatic carbocycles. The lowest BCUT2D eigenvalue weighted by atomic mass is 10.2. The fraction of sp³-hybridized carbons (Fsp3) is 0.235. The molecule has 0 aromatic heterocycles. The lowest BCUT2D eigenvalue weighted by Gasteiger charge is -2.18. The molecule has 1 atom stereocenters. The van der Waals surface area contributed by atoms with Gasteiger partial charge in [-0.15, -0.1) is 0 Å². The van der Waals surface area contributed by atoms with Crippen molar-refractivity contribution < 1.29 is 9.53 Å². The summed E-state index contributed by atoms with van der Waals surface area (Å²) in [6, 6.07) is 10.2. The Morgan fingerprint density at radius 1 is 1.09 bits per heavy atom. The van der Waals surface area contributed by atoms with Crippen LogP contribution in [0.25, 0.3) is 0 Å². The Morgan fingerprint density at radius 2 is 1.78 bits per heavy atom. The quantitative estimate of drug-likeness (QED) is 0.725. The van der Waals surface area contributed by atoms with Crippen LogP contribution in [0.1, 0.15) is 18.9 Å². The first-order chi connectivity index (χ1) is 10.9. The predicted molar refractivity (Wildman–Crippen MR) is 96.0 cm³/mol. The number of halogens is 3. The standard InChI is InChI=1S/C17H16Cl3NO2/c1-3-16(23-12-5-7-13(18)10(2)8-12)17(22)21-11-4-6-14(19)15(20)9-11/h4-9,16H,3H2,1-2H3,(H,21,22)/t16-/m1/s1. The van der Waals surface area contributed by atoms with Crippen LogP contribution >= 0.6 is 34.8 Å². The van der Waals surface area contributed by atoms with E-state index in [1.807, 2.05) is 13.8 Å². The van der Waals surface area contributed by atoms with Gasteiger partial charge in [-0.2, -0.15) is 0 Å². The highest BCUT2D eigenvalue weighted by Gasteiger charge is 2.19. The fourth-order valence-electron chi connectivity index (χ4n) is 1.97. The van der Waals surface area contributed by atoms with E-state index in [-0.39, 0.29) is 5.91 Å². The van der Waals surface area contributed by atoms with Crippen LogP contribution < -0.4 is 10.1 Å². The molecule has 122 valence electrons. The van der Waals surface area contributed by atoms with Gasteiger partial charge in [0.1, 0.15) is 5.75 Å². The van der Waals surface area contributed by atoms with Gasteiger partial charge in [0.05, 0.1) is 10.0 Å². The van der Waals surface area contributed by atoms with Crippen LogP contribution in [0.2, 0.25) is 15.1 Å². The van der Waals surface area contributed by atoms with E-state index >= 15 is 0 Å². The maximum Gasteiger partial charge on any atom is 0.265 e. The molecule has 0 radical (unpaired) electrons. The predicted octanol–water partition coefficient (Wildman–Crippen LogP) is 5.75. The number of hydrogen-bond donors (Lipinski definition) is 1. The summed E-state index contributed by atoms with van der Waals surface area (Å²) >= 11 is 17.8. The summed E-state index contributed by atoms with van der Waals surface area (Å²) in [4.78, 5) is 12.4. The van der Waals surface area contributed by atoms with Crippen LogP contribution in [-0.4, -0.2) is 12.0 Å². The second-order valence-corrected chi connectivity index (χ2v) is 6.27. The first-order valence-corrected chi connectivity index (χ1v) is 8.22. The summed E-state index contributed by atoms with van der Waals surface area (Å²) in [6.45, 7) is 3.76. The zero-order valence-electron chi connectivity index (χ0n) is 12.7. The summed E-state index contributed by atoms with van der Waals surface area (Å²) in [5.41, 5.74) is 1.46. The van der Waals surface area contributed by atoms with Gasteiger partial charge in [0.2, 0.25) is 0 Å². The summed E-state index contributed by atoms with van der Waals surface area (Å²) < 4.78 is 5.76. The number of hydrogen-bond acceptors (Lipinski definition) is 2. The normalized spacial score (nSPS) is 11.9. The third-order valence-electron chi connectivity index (χ3n) is 3.26. The molecule has 1 N–H and O–H groups in total. The average Bonchev–Trinajstić information content (AvgIpc) is 2.52. The Bertz CT molecular complexity index is 719. The minimum absolute atomic E-state index is 0.251. The zero-order chi connectivity index (χ0) is 17.0. The molecular weight excluding hydrogens is 357 g/mol. The van der Waals surface area contributed by atoms with Crippen LogP contribution in [-0.2, 0) is 4.79 Å². The van der Waals surface area contributed by atoms with Gasteiger partial charge in [0.15, 0.2) is 6.10 Å². The summed E-state index contributed by atoms with van der Waals surface area (Å²) in [6.07, 6.45) is -0.0977. The number of ether oxygens (including phenoxy) is 1. The Hall–Kier alpha value is -1.42. The van der Waals surface area contributed by atoms with E-state index < -0.39 is 6.10 Å². The number of amides is 1. The maximum absolute atomic E-state index is 12.4. The Kier molecular flexibility index (Phi) is 6.17. The van der Waals surface area contributed by atoms with E-state index in [0.717, 1.165) is 5.56 Å². The SMILES string of the molecule is CC[C@@H](Oc1ccc(Cl)c(C)c1)C(=O)Nc1ccc(Cl)c(Cl)c1. The van der Waals surface area contributed by atoms with Crippen molar-refractivity contribution in [1.82, 2.24) is 0 Å². The minimum atomic E-state index is -0.620. The number of carbonyl (C=O) groups excluding carboxylic acids is 1. The largest absolute Gasteiger partial charge is 0.481 e. The lowest BCUT2D eigenvalue weighted by Crippen LogP contribution is -2.32. The molecule has 0 bridgehead atoms. The van der Waals surface area contributed by atoms with E-state index in [1.54, 1.807) is 36.4 Å². The smallest absolute Gasteiger partial charge is 0.265 e. The van der Waals surface area contributed by atoms with E-state index in [0.29, 0.717) is 32.9 Å². The molecule has 6 heteroatoms. The Labute approximate surface area is 150 Å². The number of benzene rings is 2. The Morgan fingerprint density at radius 3 is 2.39 bits per heavy atom. The van der Waals surface area contributed by atoms with E-state index in [1.165, 1.54) is 0 Å². The number of aryl methyl sites for hydroxylation is 1. The zero-order valence-corrected chi connectivity index (χ0v) is 15.0. The highest BCUT2D eigenvalue weighted by atomic mass is 35.5. The van der Waals surface area contributed by atoms with Crippen molar-refractivity contribution in [2.24, 2.45) is 0 Å². The number of rotatable bonds is 5. The third-order valence-corrected chi connectivity index (χ3v) is 4.42. The average molecular weight is 373 g/mol. The van der Waals surface area contributed by atoms with Gasteiger partial charge in [-0.05, 0) is 55.3 Å². The van der Waals surface area contributed by atoms with Crippen molar-refractivity contribution in [2.75, 3.05) is 5.32 Å². The highest BCUT2D eigenvalue weighted by molar-refractivity contribution is 6.42. The summed E-state index contributed by atoms with van der Waals surface area (Å²) in [7, 11) is 0. The molecule has 0 unspecified atom stereocenters. The van der Waals surface area contributed by atoms with Crippen molar-refractivity contribution in [3.05, 3.63) is 57.0 Å². The first kappa shape index (κ1) is 17.9.